The first-order valence-electron chi connectivity index (χ1n) is 6.38. The van der Waals surface area contributed by atoms with Crippen molar-refractivity contribution in [2.24, 2.45) is 0 Å². The zero-order valence-corrected chi connectivity index (χ0v) is 10.2. The number of aromatic hydroxyl groups is 1. The van der Waals surface area contributed by atoms with Crippen molar-refractivity contribution in [2.45, 2.75) is 18.8 Å². The molecule has 0 aliphatic carbocycles. The molecule has 1 aromatic heterocycles. The van der Waals surface area contributed by atoms with Crippen molar-refractivity contribution in [3.05, 3.63) is 36.2 Å². The standard InChI is InChI=1S/C14H17N3O/c18-12-5-1-3-10(7-12)13-9-16-17-14(13)11-4-2-6-15-8-11/h1,3,5,7,9,11,15,18H,2,4,6,8H2,(H,16,17). The maximum Gasteiger partial charge on any atom is 0.116 e. The van der Waals surface area contributed by atoms with Crippen LogP contribution in [0.1, 0.15) is 24.5 Å². The first-order chi connectivity index (χ1) is 8.84. The summed E-state index contributed by atoms with van der Waals surface area (Å²) in [5, 5.41) is 20.3. The van der Waals surface area contributed by atoms with Crippen LogP contribution in [0, 0.1) is 0 Å². The van der Waals surface area contributed by atoms with Gasteiger partial charge in [-0.2, -0.15) is 5.10 Å². The number of phenols is 1. The summed E-state index contributed by atoms with van der Waals surface area (Å²) in [5.41, 5.74) is 3.29. The van der Waals surface area contributed by atoms with E-state index in [9.17, 15) is 5.11 Å². The lowest BCUT2D eigenvalue weighted by molar-refractivity contribution is 0.455. The monoisotopic (exact) mass is 243 g/mol. The quantitative estimate of drug-likeness (QED) is 0.758. The molecule has 4 heteroatoms. The van der Waals surface area contributed by atoms with Crippen molar-refractivity contribution in [1.82, 2.24) is 15.5 Å². The zero-order chi connectivity index (χ0) is 12.4. The number of hydrogen-bond donors (Lipinski definition) is 3. The number of aromatic nitrogens is 2. The summed E-state index contributed by atoms with van der Waals surface area (Å²) in [6.45, 7) is 2.10. The van der Waals surface area contributed by atoms with E-state index in [-0.39, 0.29) is 0 Å². The molecule has 3 N–H and O–H groups in total. The smallest absolute Gasteiger partial charge is 0.116 e. The highest BCUT2D eigenvalue weighted by molar-refractivity contribution is 5.67. The van der Waals surface area contributed by atoms with Crippen molar-refractivity contribution in [2.75, 3.05) is 13.1 Å². The molecule has 0 radical (unpaired) electrons. The van der Waals surface area contributed by atoms with Crippen molar-refractivity contribution in [1.29, 1.82) is 0 Å². The van der Waals surface area contributed by atoms with E-state index in [1.54, 1.807) is 12.1 Å². The van der Waals surface area contributed by atoms with E-state index in [1.165, 1.54) is 18.5 Å². The normalized spacial score (nSPS) is 19.9. The largest absolute Gasteiger partial charge is 0.508 e. The molecule has 1 saturated heterocycles. The van der Waals surface area contributed by atoms with Crippen LogP contribution in [-0.4, -0.2) is 28.4 Å². The second kappa shape index (κ2) is 4.82. The minimum Gasteiger partial charge on any atom is -0.508 e. The average Bonchev–Trinajstić information content (AvgIpc) is 2.89. The molecule has 94 valence electrons. The zero-order valence-electron chi connectivity index (χ0n) is 10.2. The summed E-state index contributed by atoms with van der Waals surface area (Å²) in [4.78, 5) is 0. The number of phenolic OH excluding ortho intramolecular Hbond substituents is 1. The van der Waals surface area contributed by atoms with Gasteiger partial charge in [0, 0.05) is 23.7 Å². The van der Waals surface area contributed by atoms with Gasteiger partial charge in [-0.05, 0) is 37.1 Å². The number of aromatic amines is 1. The molecule has 1 fully saturated rings. The summed E-state index contributed by atoms with van der Waals surface area (Å²) < 4.78 is 0. The highest BCUT2D eigenvalue weighted by Gasteiger charge is 2.20. The highest BCUT2D eigenvalue weighted by Crippen LogP contribution is 2.32. The third-order valence-electron chi connectivity index (χ3n) is 3.53. The maximum absolute atomic E-state index is 9.57. The number of H-pyrrole nitrogens is 1. The highest BCUT2D eigenvalue weighted by atomic mass is 16.3. The van der Waals surface area contributed by atoms with E-state index in [2.05, 4.69) is 15.5 Å². The van der Waals surface area contributed by atoms with E-state index in [1.807, 2.05) is 18.3 Å². The topological polar surface area (TPSA) is 60.9 Å². The Labute approximate surface area is 106 Å². The molecule has 18 heavy (non-hydrogen) atoms. The molecule has 2 heterocycles. The van der Waals surface area contributed by atoms with Gasteiger partial charge in [0.1, 0.15) is 5.75 Å². The van der Waals surface area contributed by atoms with Gasteiger partial charge in [-0.15, -0.1) is 0 Å². The van der Waals surface area contributed by atoms with E-state index >= 15 is 0 Å². The Morgan fingerprint density at radius 2 is 2.28 bits per heavy atom. The molecule has 1 aliphatic rings. The van der Waals surface area contributed by atoms with Gasteiger partial charge in [0.25, 0.3) is 0 Å². The molecule has 3 rings (SSSR count). The Morgan fingerprint density at radius 1 is 1.33 bits per heavy atom. The molecular formula is C14H17N3O. The molecule has 0 spiro atoms. The Kier molecular flexibility index (Phi) is 3.02. The summed E-state index contributed by atoms with van der Waals surface area (Å²) in [7, 11) is 0. The van der Waals surface area contributed by atoms with Crippen LogP contribution in [0.15, 0.2) is 30.5 Å². The molecule has 1 aromatic carbocycles. The number of nitrogens with zero attached hydrogens (tertiary/aromatic N) is 1. The van der Waals surface area contributed by atoms with Gasteiger partial charge < -0.3 is 10.4 Å². The minimum absolute atomic E-state index is 0.293. The van der Waals surface area contributed by atoms with Gasteiger partial charge in [0.05, 0.1) is 6.20 Å². The van der Waals surface area contributed by atoms with Crippen molar-refractivity contribution >= 4 is 0 Å². The van der Waals surface area contributed by atoms with Gasteiger partial charge >= 0.3 is 0 Å². The van der Waals surface area contributed by atoms with Crippen LogP contribution >= 0.6 is 0 Å². The lowest BCUT2D eigenvalue weighted by Crippen LogP contribution is -2.28. The maximum atomic E-state index is 9.57. The van der Waals surface area contributed by atoms with Crippen LogP contribution in [0.4, 0.5) is 0 Å². The van der Waals surface area contributed by atoms with Crippen LogP contribution in [0.25, 0.3) is 11.1 Å². The molecule has 1 aliphatic heterocycles. The molecule has 0 amide bonds. The van der Waals surface area contributed by atoms with E-state index in [0.717, 1.165) is 24.2 Å². The molecule has 0 saturated carbocycles. The van der Waals surface area contributed by atoms with Gasteiger partial charge in [-0.3, -0.25) is 5.10 Å². The number of hydrogen-bond acceptors (Lipinski definition) is 3. The first kappa shape index (κ1) is 11.3. The van der Waals surface area contributed by atoms with Crippen LogP contribution in [0.3, 0.4) is 0 Å². The molecule has 4 nitrogen and oxygen atoms in total. The van der Waals surface area contributed by atoms with E-state index in [0.29, 0.717) is 11.7 Å². The summed E-state index contributed by atoms with van der Waals surface area (Å²) in [5.74, 6) is 0.778. The number of piperidine rings is 1. The SMILES string of the molecule is Oc1cccc(-c2cn[nH]c2C2CCCNC2)c1. The number of nitrogens with one attached hydrogen (secondary N) is 2. The minimum atomic E-state index is 0.293. The van der Waals surface area contributed by atoms with Gasteiger partial charge in [0.2, 0.25) is 0 Å². The van der Waals surface area contributed by atoms with Crippen molar-refractivity contribution in [3.63, 3.8) is 0 Å². The second-order valence-corrected chi connectivity index (χ2v) is 4.79. The first-order valence-corrected chi connectivity index (χ1v) is 6.38. The van der Waals surface area contributed by atoms with Crippen LogP contribution in [0.5, 0.6) is 5.75 Å². The van der Waals surface area contributed by atoms with Crippen LogP contribution in [-0.2, 0) is 0 Å². The second-order valence-electron chi connectivity index (χ2n) is 4.79. The number of benzene rings is 1. The summed E-state index contributed by atoms with van der Waals surface area (Å²) in [6, 6.07) is 7.33. The fourth-order valence-corrected chi connectivity index (χ4v) is 2.61. The van der Waals surface area contributed by atoms with Gasteiger partial charge in [-0.25, -0.2) is 0 Å². The fourth-order valence-electron chi connectivity index (χ4n) is 2.61. The third-order valence-corrected chi connectivity index (χ3v) is 3.53. The lowest BCUT2D eigenvalue weighted by atomic mass is 9.91. The van der Waals surface area contributed by atoms with Crippen LogP contribution < -0.4 is 5.32 Å². The predicted molar refractivity (Wildman–Crippen MR) is 70.5 cm³/mol. The van der Waals surface area contributed by atoms with Gasteiger partial charge in [-0.1, -0.05) is 12.1 Å². The lowest BCUT2D eigenvalue weighted by Gasteiger charge is -2.22. The molecule has 0 bridgehead atoms. The Balaban J connectivity index is 1.95. The Morgan fingerprint density at radius 3 is 3.06 bits per heavy atom. The predicted octanol–water partition coefficient (Wildman–Crippen LogP) is 2.25. The van der Waals surface area contributed by atoms with E-state index in [4.69, 9.17) is 0 Å². The summed E-state index contributed by atoms with van der Waals surface area (Å²) in [6.07, 6.45) is 4.23. The Bertz CT molecular complexity index is 529. The average molecular weight is 243 g/mol. The van der Waals surface area contributed by atoms with Crippen molar-refractivity contribution in [3.8, 4) is 16.9 Å². The molecule has 1 unspecified atom stereocenters. The molecule has 1 atom stereocenters. The van der Waals surface area contributed by atoms with Crippen LogP contribution in [0.2, 0.25) is 0 Å². The Hall–Kier alpha value is -1.81. The van der Waals surface area contributed by atoms with Gasteiger partial charge in [0.15, 0.2) is 0 Å². The molecule has 2 aromatic rings. The van der Waals surface area contributed by atoms with E-state index < -0.39 is 0 Å². The molecular weight excluding hydrogens is 226 g/mol. The third kappa shape index (κ3) is 2.11. The number of rotatable bonds is 2. The summed E-state index contributed by atoms with van der Waals surface area (Å²) >= 11 is 0. The van der Waals surface area contributed by atoms with Crippen molar-refractivity contribution < 1.29 is 5.11 Å². The fraction of sp³-hybridized carbons (Fsp3) is 0.357.